The molecule has 2 bridgehead atoms. The van der Waals surface area contributed by atoms with Gasteiger partial charge in [0.05, 0.1) is 36.8 Å². The molecule has 0 spiro atoms. The maximum Gasteiger partial charge on any atom is 0.411 e. The zero-order valence-electron chi connectivity index (χ0n) is 16.8. The van der Waals surface area contributed by atoms with Crippen molar-refractivity contribution in [2.24, 2.45) is 0 Å². The molecule has 2 fully saturated rings. The van der Waals surface area contributed by atoms with Crippen LogP contribution in [-0.4, -0.2) is 36.3 Å². The highest BCUT2D eigenvalue weighted by atomic mass is 16.6. The van der Waals surface area contributed by atoms with Crippen LogP contribution in [0.4, 0.5) is 4.79 Å². The van der Waals surface area contributed by atoms with Crippen molar-refractivity contribution in [2.75, 3.05) is 13.2 Å². The van der Waals surface area contributed by atoms with E-state index in [1.54, 1.807) is 0 Å². The number of ether oxygens (including phenoxy) is 2. The van der Waals surface area contributed by atoms with Gasteiger partial charge in [-0.15, -0.1) is 0 Å². The fourth-order valence-corrected chi connectivity index (χ4v) is 4.50. The van der Waals surface area contributed by atoms with Crippen molar-refractivity contribution >= 4 is 11.7 Å². The van der Waals surface area contributed by atoms with Crippen molar-refractivity contribution in [3.05, 3.63) is 77.4 Å². The molecule has 5 heteroatoms. The summed E-state index contributed by atoms with van der Waals surface area (Å²) >= 11 is 0. The van der Waals surface area contributed by atoms with E-state index in [0.717, 1.165) is 36.0 Å². The van der Waals surface area contributed by atoms with Gasteiger partial charge in [-0.05, 0) is 47.6 Å². The second kappa shape index (κ2) is 7.62. The Hall–Kier alpha value is -3.10. The molecule has 1 saturated heterocycles. The maximum absolute atomic E-state index is 12.8. The lowest BCUT2D eigenvalue weighted by Crippen LogP contribution is -2.56. The van der Waals surface area contributed by atoms with Crippen LogP contribution in [0, 0.1) is 11.3 Å². The molecule has 0 aromatic heterocycles. The largest absolute Gasteiger partial charge is 0.445 e. The van der Waals surface area contributed by atoms with Gasteiger partial charge in [0.25, 0.3) is 0 Å². The van der Waals surface area contributed by atoms with Crippen LogP contribution in [-0.2, 0) is 21.5 Å². The van der Waals surface area contributed by atoms with Crippen LogP contribution in [0.3, 0.4) is 0 Å². The number of morpholine rings is 1. The first-order valence-corrected chi connectivity index (χ1v) is 10.5. The van der Waals surface area contributed by atoms with Gasteiger partial charge in [0.15, 0.2) is 0 Å². The van der Waals surface area contributed by atoms with Crippen molar-refractivity contribution in [1.29, 1.82) is 5.26 Å². The van der Waals surface area contributed by atoms with E-state index < -0.39 is 0 Å². The van der Waals surface area contributed by atoms with E-state index in [4.69, 9.17) is 9.47 Å². The Labute approximate surface area is 176 Å². The third-order valence-corrected chi connectivity index (χ3v) is 6.36. The van der Waals surface area contributed by atoms with E-state index in [-0.39, 0.29) is 30.2 Å². The lowest BCUT2D eigenvalue weighted by molar-refractivity contribution is -0.0342. The van der Waals surface area contributed by atoms with Crippen molar-refractivity contribution < 1.29 is 14.3 Å². The van der Waals surface area contributed by atoms with Crippen LogP contribution in [0.1, 0.15) is 36.0 Å². The molecule has 2 aromatic carbocycles. The molecule has 5 rings (SSSR count). The van der Waals surface area contributed by atoms with E-state index in [9.17, 15) is 10.1 Å². The fraction of sp³-hybridized carbons (Fsp3) is 0.360. The molecule has 1 amide bonds. The lowest BCUT2D eigenvalue weighted by atomic mass is 9.87. The van der Waals surface area contributed by atoms with Crippen molar-refractivity contribution in [1.82, 2.24) is 4.90 Å². The van der Waals surface area contributed by atoms with Gasteiger partial charge in [-0.1, -0.05) is 54.6 Å². The molecule has 3 aliphatic rings. The molecule has 0 N–H and O–H groups in total. The first-order valence-electron chi connectivity index (χ1n) is 10.5. The Bertz CT molecular complexity index is 1020. The van der Waals surface area contributed by atoms with E-state index in [0.29, 0.717) is 13.2 Å². The lowest BCUT2D eigenvalue weighted by Gasteiger charge is -2.43. The minimum absolute atomic E-state index is 0.0402. The van der Waals surface area contributed by atoms with E-state index >= 15 is 0 Å². The van der Waals surface area contributed by atoms with Crippen molar-refractivity contribution in [3.8, 4) is 6.07 Å². The number of fused-ring (bicyclic) bond motifs is 2. The van der Waals surface area contributed by atoms with Gasteiger partial charge < -0.3 is 9.47 Å². The predicted molar refractivity (Wildman–Crippen MR) is 112 cm³/mol. The monoisotopic (exact) mass is 400 g/mol. The number of rotatable bonds is 4. The van der Waals surface area contributed by atoms with Crippen LogP contribution >= 0.6 is 0 Å². The fourth-order valence-electron chi connectivity index (χ4n) is 4.50. The minimum atomic E-state index is -0.294. The van der Waals surface area contributed by atoms with Crippen molar-refractivity contribution in [3.63, 3.8) is 0 Å². The Kier molecular flexibility index (Phi) is 4.80. The van der Waals surface area contributed by atoms with E-state index in [2.05, 4.69) is 30.3 Å². The number of nitriles is 1. The summed E-state index contributed by atoms with van der Waals surface area (Å²) in [5.74, 6) is 0. The highest BCUT2D eigenvalue weighted by molar-refractivity contribution is 5.75. The summed E-state index contributed by atoms with van der Waals surface area (Å²) in [4.78, 5) is 14.7. The minimum Gasteiger partial charge on any atom is -0.445 e. The summed E-state index contributed by atoms with van der Waals surface area (Å²) in [6.45, 7) is 1.25. The molecule has 2 heterocycles. The van der Waals surface area contributed by atoms with Gasteiger partial charge in [0.1, 0.15) is 6.61 Å². The normalized spacial score (nSPS) is 23.8. The van der Waals surface area contributed by atoms with E-state index in [1.807, 2.05) is 41.3 Å². The molecule has 2 aliphatic heterocycles. The summed E-state index contributed by atoms with van der Waals surface area (Å²) in [5.41, 5.74) is 4.15. The van der Waals surface area contributed by atoms with Crippen LogP contribution in [0.15, 0.2) is 60.7 Å². The Morgan fingerprint density at radius 3 is 2.73 bits per heavy atom. The zero-order chi connectivity index (χ0) is 20.6. The van der Waals surface area contributed by atoms with Gasteiger partial charge in [-0.3, -0.25) is 4.90 Å². The first kappa shape index (κ1) is 18.9. The average Bonchev–Trinajstić information content (AvgIpc) is 3.59. The number of carbonyl (C=O) groups excluding carboxylic acids is 1. The SMILES string of the molecule is N#CC1(c2cccc(C3=CC4COCC(C3)N4C(=O)OCc3ccccc3)c2)CC1. The zero-order valence-corrected chi connectivity index (χ0v) is 16.8. The Morgan fingerprint density at radius 1 is 1.17 bits per heavy atom. The Morgan fingerprint density at radius 2 is 2.00 bits per heavy atom. The molecular weight excluding hydrogens is 376 g/mol. The van der Waals surface area contributed by atoms with Crippen LogP contribution in [0.25, 0.3) is 5.57 Å². The molecule has 152 valence electrons. The highest BCUT2D eigenvalue weighted by Crippen LogP contribution is 2.48. The van der Waals surface area contributed by atoms with Crippen molar-refractivity contribution in [2.45, 2.75) is 43.4 Å². The molecule has 1 aliphatic carbocycles. The van der Waals surface area contributed by atoms with Gasteiger partial charge in [-0.25, -0.2) is 4.79 Å². The summed E-state index contributed by atoms with van der Waals surface area (Å²) in [6, 6.07) is 20.4. The van der Waals surface area contributed by atoms with Gasteiger partial charge in [0, 0.05) is 0 Å². The summed E-state index contributed by atoms with van der Waals surface area (Å²) in [7, 11) is 0. The smallest absolute Gasteiger partial charge is 0.411 e. The third-order valence-electron chi connectivity index (χ3n) is 6.36. The second-order valence-electron chi connectivity index (χ2n) is 8.38. The molecule has 2 aromatic rings. The maximum atomic E-state index is 12.8. The molecular formula is C25H24N2O3. The van der Waals surface area contributed by atoms with E-state index in [1.165, 1.54) is 5.57 Å². The molecule has 1 saturated carbocycles. The van der Waals surface area contributed by atoms with Gasteiger partial charge >= 0.3 is 6.09 Å². The number of nitrogens with zero attached hydrogens (tertiary/aromatic N) is 2. The standard InChI is InChI=1S/C25H24N2O3/c26-17-25(9-10-25)21-8-4-7-19(11-21)20-12-22-15-29-16-23(13-20)27(22)24(28)30-14-18-5-2-1-3-6-18/h1-8,11-12,22-23H,9-10,13-16H2. The number of amides is 1. The highest BCUT2D eigenvalue weighted by Gasteiger charge is 2.45. The van der Waals surface area contributed by atoms with Crippen LogP contribution in [0.2, 0.25) is 0 Å². The topological polar surface area (TPSA) is 62.6 Å². The Balaban J connectivity index is 1.35. The molecule has 2 unspecified atom stereocenters. The molecule has 2 atom stereocenters. The number of benzene rings is 2. The van der Waals surface area contributed by atoms with Gasteiger partial charge in [-0.2, -0.15) is 5.26 Å². The summed E-state index contributed by atoms with van der Waals surface area (Å²) < 4.78 is 11.3. The first-order chi connectivity index (χ1) is 14.7. The third kappa shape index (κ3) is 3.48. The quantitative estimate of drug-likeness (QED) is 0.761. The van der Waals surface area contributed by atoms with Crippen LogP contribution < -0.4 is 0 Å². The number of carbonyl (C=O) groups is 1. The summed E-state index contributed by atoms with van der Waals surface area (Å²) in [6.07, 6.45) is 4.44. The average molecular weight is 400 g/mol. The predicted octanol–water partition coefficient (Wildman–Crippen LogP) is 4.44. The van der Waals surface area contributed by atoms with Gasteiger partial charge in [0.2, 0.25) is 0 Å². The number of hydrogen-bond donors (Lipinski definition) is 0. The molecule has 5 nitrogen and oxygen atoms in total. The molecule has 30 heavy (non-hydrogen) atoms. The summed E-state index contributed by atoms with van der Waals surface area (Å²) in [5, 5.41) is 9.53. The van der Waals surface area contributed by atoms with Crippen LogP contribution in [0.5, 0.6) is 0 Å². The number of hydrogen-bond acceptors (Lipinski definition) is 4. The molecule has 0 radical (unpaired) electrons. The second-order valence-corrected chi connectivity index (χ2v) is 8.38.